The molecule has 2 bridgehead atoms. The van der Waals surface area contributed by atoms with Crippen LogP contribution in [0.2, 0.25) is 0 Å². The van der Waals surface area contributed by atoms with Crippen LogP contribution < -0.4 is 0 Å². The summed E-state index contributed by atoms with van der Waals surface area (Å²) in [4.78, 5) is 16.3. The van der Waals surface area contributed by atoms with Gasteiger partial charge in [-0.2, -0.15) is 5.06 Å². The Morgan fingerprint density at radius 3 is 2.91 bits per heavy atom. The smallest absolute Gasteiger partial charge is 0.433 e. The molecular formula is C7H11NO3. The summed E-state index contributed by atoms with van der Waals surface area (Å²) in [5.41, 5.74) is 0. The van der Waals surface area contributed by atoms with Crippen molar-refractivity contribution in [3.63, 3.8) is 0 Å². The van der Waals surface area contributed by atoms with Crippen LogP contribution in [0.25, 0.3) is 0 Å². The van der Waals surface area contributed by atoms with Gasteiger partial charge in [0.2, 0.25) is 0 Å². The Bertz CT molecular complexity index is 183. The molecule has 0 N–H and O–H groups in total. The number of fused-ring (bicyclic) bond motifs is 2. The van der Waals surface area contributed by atoms with Crippen LogP contribution in [-0.2, 0) is 9.57 Å². The molecule has 0 spiro atoms. The van der Waals surface area contributed by atoms with Crippen molar-refractivity contribution in [2.45, 2.75) is 31.4 Å². The van der Waals surface area contributed by atoms with Gasteiger partial charge in [0.05, 0.1) is 19.3 Å². The first kappa shape index (κ1) is 6.91. The summed E-state index contributed by atoms with van der Waals surface area (Å²) in [7, 11) is 1.37. The predicted molar refractivity (Wildman–Crippen MR) is 36.8 cm³/mol. The number of ether oxygens (including phenoxy) is 1. The summed E-state index contributed by atoms with van der Waals surface area (Å²) in [6, 6.07) is 0.271. The molecule has 0 aromatic heterocycles. The second-order valence-electron chi connectivity index (χ2n) is 2.99. The van der Waals surface area contributed by atoms with Gasteiger partial charge in [-0.05, 0) is 19.3 Å². The first-order valence-corrected chi connectivity index (χ1v) is 3.85. The standard InChI is InChI=1S/C7H11NO3/c1-10-7(9)8-5-2-3-6(4-5)11-8/h5-6H,2-4H2,1H3. The second kappa shape index (κ2) is 2.37. The van der Waals surface area contributed by atoms with E-state index >= 15 is 0 Å². The number of amides is 1. The summed E-state index contributed by atoms with van der Waals surface area (Å²) in [5, 5.41) is 1.37. The molecule has 1 amide bonds. The molecule has 2 atom stereocenters. The molecular weight excluding hydrogens is 146 g/mol. The Labute approximate surface area is 65.0 Å². The molecule has 11 heavy (non-hydrogen) atoms. The Morgan fingerprint density at radius 2 is 2.45 bits per heavy atom. The third-order valence-electron chi connectivity index (χ3n) is 2.31. The van der Waals surface area contributed by atoms with Crippen molar-refractivity contribution in [1.29, 1.82) is 0 Å². The molecule has 0 aromatic rings. The third kappa shape index (κ3) is 0.976. The van der Waals surface area contributed by atoms with Gasteiger partial charge in [-0.3, -0.25) is 4.84 Å². The van der Waals surface area contributed by atoms with Crippen molar-refractivity contribution in [3.8, 4) is 0 Å². The van der Waals surface area contributed by atoms with E-state index in [1.165, 1.54) is 12.2 Å². The summed E-state index contributed by atoms with van der Waals surface area (Å²) < 4.78 is 4.55. The minimum atomic E-state index is -0.364. The van der Waals surface area contributed by atoms with Crippen LogP contribution in [0.4, 0.5) is 4.79 Å². The Balaban J connectivity index is 2.02. The van der Waals surface area contributed by atoms with E-state index in [0.29, 0.717) is 0 Å². The van der Waals surface area contributed by atoms with Gasteiger partial charge in [-0.1, -0.05) is 0 Å². The normalized spacial score (nSPS) is 34.5. The fraction of sp³-hybridized carbons (Fsp3) is 0.857. The van der Waals surface area contributed by atoms with Crippen molar-refractivity contribution in [2.75, 3.05) is 7.11 Å². The van der Waals surface area contributed by atoms with Crippen molar-refractivity contribution in [3.05, 3.63) is 0 Å². The SMILES string of the molecule is COC(=O)N1OC2CCC1C2. The van der Waals surface area contributed by atoms with Crippen LogP contribution >= 0.6 is 0 Å². The number of methoxy groups -OCH3 is 1. The van der Waals surface area contributed by atoms with Crippen molar-refractivity contribution >= 4 is 6.09 Å². The van der Waals surface area contributed by atoms with Gasteiger partial charge >= 0.3 is 6.09 Å². The summed E-state index contributed by atoms with van der Waals surface area (Å²) >= 11 is 0. The largest absolute Gasteiger partial charge is 0.451 e. The zero-order valence-electron chi connectivity index (χ0n) is 6.45. The monoisotopic (exact) mass is 157 g/mol. The van der Waals surface area contributed by atoms with E-state index in [4.69, 9.17) is 4.84 Å². The fourth-order valence-electron chi connectivity index (χ4n) is 1.75. The van der Waals surface area contributed by atoms with Crippen LogP contribution in [-0.4, -0.2) is 30.4 Å². The van der Waals surface area contributed by atoms with Gasteiger partial charge in [0.25, 0.3) is 0 Å². The van der Waals surface area contributed by atoms with Crippen molar-refractivity contribution in [1.82, 2.24) is 5.06 Å². The molecule has 1 heterocycles. The maximum absolute atomic E-state index is 11.0. The third-order valence-corrected chi connectivity index (χ3v) is 2.31. The quantitative estimate of drug-likeness (QED) is 0.525. The molecule has 2 rings (SSSR count). The highest BCUT2D eigenvalue weighted by Gasteiger charge is 2.42. The van der Waals surface area contributed by atoms with Gasteiger partial charge in [0, 0.05) is 0 Å². The van der Waals surface area contributed by atoms with E-state index in [1.54, 1.807) is 0 Å². The van der Waals surface area contributed by atoms with Gasteiger partial charge in [-0.15, -0.1) is 0 Å². The fourth-order valence-corrected chi connectivity index (χ4v) is 1.75. The van der Waals surface area contributed by atoms with Crippen LogP contribution in [0.5, 0.6) is 0 Å². The molecule has 4 nitrogen and oxygen atoms in total. The lowest BCUT2D eigenvalue weighted by atomic mass is 10.3. The van der Waals surface area contributed by atoms with Crippen molar-refractivity contribution < 1.29 is 14.4 Å². The molecule has 1 saturated carbocycles. The number of hydrogen-bond donors (Lipinski definition) is 0. The molecule has 0 radical (unpaired) electrons. The summed E-state index contributed by atoms with van der Waals surface area (Å²) in [6.07, 6.45) is 3.02. The van der Waals surface area contributed by atoms with Gasteiger partial charge in [-0.25, -0.2) is 4.79 Å². The van der Waals surface area contributed by atoms with E-state index in [1.807, 2.05) is 0 Å². The number of carbonyl (C=O) groups excluding carboxylic acids is 1. The Kier molecular flexibility index (Phi) is 1.49. The first-order chi connectivity index (χ1) is 5.31. The minimum Gasteiger partial charge on any atom is -0.451 e. The maximum atomic E-state index is 11.0. The van der Waals surface area contributed by atoms with Crippen LogP contribution in [0.3, 0.4) is 0 Å². The number of rotatable bonds is 0. The Hall–Kier alpha value is -0.770. The average Bonchev–Trinajstić information content (AvgIpc) is 2.62. The minimum absolute atomic E-state index is 0.263. The lowest BCUT2D eigenvalue weighted by Crippen LogP contribution is -2.36. The molecule has 0 aromatic carbocycles. The average molecular weight is 157 g/mol. The van der Waals surface area contributed by atoms with E-state index < -0.39 is 0 Å². The molecule has 1 saturated heterocycles. The van der Waals surface area contributed by atoms with Gasteiger partial charge in [0.15, 0.2) is 0 Å². The van der Waals surface area contributed by atoms with Crippen LogP contribution in [0, 0.1) is 0 Å². The number of hydrogen-bond acceptors (Lipinski definition) is 3. The zero-order chi connectivity index (χ0) is 7.84. The lowest BCUT2D eigenvalue weighted by molar-refractivity contribution is -0.158. The van der Waals surface area contributed by atoms with E-state index in [2.05, 4.69) is 4.74 Å². The van der Waals surface area contributed by atoms with E-state index in [-0.39, 0.29) is 18.2 Å². The molecule has 2 aliphatic rings. The molecule has 62 valence electrons. The van der Waals surface area contributed by atoms with Crippen LogP contribution in [0.1, 0.15) is 19.3 Å². The lowest BCUT2D eigenvalue weighted by Gasteiger charge is -2.23. The molecule has 1 aliphatic carbocycles. The topological polar surface area (TPSA) is 38.8 Å². The van der Waals surface area contributed by atoms with E-state index in [0.717, 1.165) is 19.3 Å². The zero-order valence-corrected chi connectivity index (χ0v) is 6.45. The maximum Gasteiger partial charge on any atom is 0.433 e. The molecule has 2 fully saturated rings. The number of hydroxylamine groups is 2. The predicted octanol–water partition coefficient (Wildman–Crippen LogP) is 0.921. The number of nitrogens with zero attached hydrogens (tertiary/aromatic N) is 1. The molecule has 2 unspecified atom stereocenters. The summed E-state index contributed by atoms with van der Waals surface area (Å²) in [6.45, 7) is 0. The highest BCUT2D eigenvalue weighted by Crippen LogP contribution is 2.34. The Morgan fingerprint density at radius 1 is 1.64 bits per heavy atom. The van der Waals surface area contributed by atoms with Gasteiger partial charge in [0.1, 0.15) is 0 Å². The van der Waals surface area contributed by atoms with Crippen LogP contribution in [0.15, 0.2) is 0 Å². The van der Waals surface area contributed by atoms with Crippen molar-refractivity contribution in [2.24, 2.45) is 0 Å². The molecule has 1 aliphatic heterocycles. The number of carbonyl (C=O) groups is 1. The highest BCUT2D eigenvalue weighted by molar-refractivity contribution is 5.66. The second-order valence-corrected chi connectivity index (χ2v) is 2.99. The highest BCUT2D eigenvalue weighted by atomic mass is 16.7. The summed E-state index contributed by atoms with van der Waals surface area (Å²) in [5.74, 6) is 0. The molecule has 4 heteroatoms. The first-order valence-electron chi connectivity index (χ1n) is 3.85. The van der Waals surface area contributed by atoms with E-state index in [9.17, 15) is 4.79 Å². The van der Waals surface area contributed by atoms with Gasteiger partial charge < -0.3 is 4.74 Å².